The maximum absolute atomic E-state index is 10.9. The lowest BCUT2D eigenvalue weighted by Crippen LogP contribution is -2.20. The summed E-state index contributed by atoms with van der Waals surface area (Å²) in [6.07, 6.45) is 1.61. The van der Waals surface area contributed by atoms with Gasteiger partial charge in [0, 0.05) is 28.2 Å². The highest BCUT2D eigenvalue weighted by Gasteiger charge is 2.01. The van der Waals surface area contributed by atoms with Crippen LogP contribution < -0.4 is 15.4 Å². The van der Waals surface area contributed by atoms with Crippen LogP contribution in [0.15, 0.2) is 20.2 Å². The van der Waals surface area contributed by atoms with Crippen molar-refractivity contribution in [1.82, 2.24) is 30.4 Å². The third-order valence-corrected chi connectivity index (χ3v) is 2.87. The Balaban J connectivity index is 0.000000211. The van der Waals surface area contributed by atoms with Crippen molar-refractivity contribution in [2.24, 2.45) is 0 Å². The van der Waals surface area contributed by atoms with E-state index in [-0.39, 0.29) is 10.2 Å². The molecule has 2 rings (SSSR count). The molecule has 0 bridgehead atoms. The third-order valence-electron chi connectivity index (χ3n) is 1.99. The Hall–Kier alpha value is -1.62. The summed E-state index contributed by atoms with van der Waals surface area (Å²) in [5, 5.41) is 14.9. The Labute approximate surface area is 138 Å². The molecule has 0 atom stereocenters. The maximum Gasteiger partial charge on any atom is 0.285 e. The lowest BCUT2D eigenvalue weighted by Gasteiger charge is -2.07. The molecule has 0 saturated carbocycles. The van der Waals surface area contributed by atoms with Crippen LogP contribution in [-0.4, -0.2) is 58.6 Å². The standard InChI is InChI=1S/C5H7BrN4O.C5H7BrN4/c1-10(2)5-7-4(11)3(6)8-9-5;1-10(2)5-7-3-4(6)8-9-5/h1-2H3,(H,7,9,11);3H,1-2H3. The van der Waals surface area contributed by atoms with E-state index in [2.05, 4.69) is 62.2 Å². The zero-order valence-corrected chi connectivity index (χ0v) is 15.0. The Kier molecular flexibility index (Phi) is 6.62. The minimum atomic E-state index is -0.274. The van der Waals surface area contributed by atoms with E-state index >= 15 is 0 Å². The van der Waals surface area contributed by atoms with E-state index in [0.29, 0.717) is 16.5 Å². The molecule has 0 aliphatic carbocycles. The molecule has 0 amide bonds. The second-order valence-corrected chi connectivity index (χ2v) is 5.70. The summed E-state index contributed by atoms with van der Waals surface area (Å²) in [5.74, 6) is 1.06. The van der Waals surface area contributed by atoms with Crippen molar-refractivity contribution in [1.29, 1.82) is 0 Å². The Morgan fingerprint density at radius 1 is 1.00 bits per heavy atom. The molecule has 2 heterocycles. The van der Waals surface area contributed by atoms with Crippen LogP contribution in [0.3, 0.4) is 0 Å². The SMILES string of the molecule is CN(C)c1ncc(Br)nn1.CN(C)c1nnc(Br)c(=O)[nH]1. The van der Waals surface area contributed by atoms with Crippen molar-refractivity contribution in [3.63, 3.8) is 0 Å². The van der Waals surface area contributed by atoms with Crippen LogP contribution in [0.1, 0.15) is 0 Å². The minimum absolute atomic E-state index is 0.197. The molecular weight excluding hydrogens is 408 g/mol. The molecule has 2 aromatic rings. The zero-order valence-electron chi connectivity index (χ0n) is 11.9. The lowest BCUT2D eigenvalue weighted by molar-refractivity contribution is 0.872. The van der Waals surface area contributed by atoms with Crippen molar-refractivity contribution in [2.45, 2.75) is 0 Å². The zero-order chi connectivity index (χ0) is 16.0. The first-order chi connectivity index (χ1) is 9.81. The Morgan fingerprint density at radius 2 is 1.67 bits per heavy atom. The molecule has 21 heavy (non-hydrogen) atoms. The molecular formula is C10H14Br2N8O. The fraction of sp³-hybridized carbons (Fsp3) is 0.400. The van der Waals surface area contributed by atoms with Crippen LogP contribution in [0.25, 0.3) is 0 Å². The van der Waals surface area contributed by atoms with Gasteiger partial charge in [0.25, 0.3) is 5.56 Å². The second-order valence-electron chi connectivity index (χ2n) is 4.14. The van der Waals surface area contributed by atoms with Gasteiger partial charge in [0.15, 0.2) is 4.60 Å². The monoisotopic (exact) mass is 420 g/mol. The molecule has 0 fully saturated rings. The van der Waals surface area contributed by atoms with Crippen molar-refractivity contribution in [3.8, 4) is 0 Å². The van der Waals surface area contributed by atoms with E-state index in [1.165, 1.54) is 0 Å². The van der Waals surface area contributed by atoms with Gasteiger partial charge in [0.1, 0.15) is 4.60 Å². The number of nitrogens with one attached hydrogen (secondary N) is 1. The summed E-state index contributed by atoms with van der Waals surface area (Å²) in [6, 6.07) is 0. The van der Waals surface area contributed by atoms with Gasteiger partial charge in [-0.2, -0.15) is 0 Å². The van der Waals surface area contributed by atoms with Gasteiger partial charge in [-0.15, -0.1) is 20.4 Å². The first-order valence-corrected chi connectivity index (χ1v) is 7.22. The fourth-order valence-electron chi connectivity index (χ4n) is 0.976. The molecule has 0 aliphatic heterocycles. The molecule has 0 saturated heterocycles. The van der Waals surface area contributed by atoms with Gasteiger partial charge < -0.3 is 9.80 Å². The van der Waals surface area contributed by atoms with Crippen molar-refractivity contribution < 1.29 is 0 Å². The number of H-pyrrole nitrogens is 1. The predicted molar refractivity (Wildman–Crippen MR) is 86.5 cm³/mol. The summed E-state index contributed by atoms with van der Waals surface area (Å²) in [4.78, 5) is 20.9. The number of hydrogen-bond acceptors (Lipinski definition) is 8. The van der Waals surface area contributed by atoms with Gasteiger partial charge in [0.2, 0.25) is 11.9 Å². The highest BCUT2D eigenvalue weighted by atomic mass is 79.9. The summed E-state index contributed by atoms with van der Waals surface area (Å²) in [7, 11) is 7.28. The molecule has 114 valence electrons. The van der Waals surface area contributed by atoms with Gasteiger partial charge in [-0.1, -0.05) is 0 Å². The first-order valence-electron chi connectivity index (χ1n) is 5.63. The van der Waals surface area contributed by atoms with Gasteiger partial charge in [-0.05, 0) is 31.9 Å². The number of aromatic nitrogens is 6. The molecule has 0 aliphatic rings. The van der Waals surface area contributed by atoms with Crippen molar-refractivity contribution in [3.05, 3.63) is 25.8 Å². The highest BCUT2D eigenvalue weighted by Crippen LogP contribution is 2.03. The predicted octanol–water partition coefficient (Wildman–Crippen LogP) is 0.693. The number of rotatable bonds is 2. The summed E-state index contributed by atoms with van der Waals surface area (Å²) in [5.41, 5.74) is -0.274. The van der Waals surface area contributed by atoms with Crippen LogP contribution in [0.5, 0.6) is 0 Å². The summed E-state index contributed by atoms with van der Waals surface area (Å²) >= 11 is 6.08. The van der Waals surface area contributed by atoms with Crippen LogP contribution in [-0.2, 0) is 0 Å². The minimum Gasteiger partial charge on any atom is -0.347 e. The van der Waals surface area contributed by atoms with Crippen molar-refractivity contribution >= 4 is 43.8 Å². The summed E-state index contributed by atoms with van der Waals surface area (Å²) < 4.78 is 0.848. The molecule has 0 spiro atoms. The lowest BCUT2D eigenvalue weighted by atomic mass is 10.8. The number of hydrogen-bond donors (Lipinski definition) is 1. The molecule has 0 unspecified atom stereocenters. The van der Waals surface area contributed by atoms with E-state index in [9.17, 15) is 4.79 Å². The number of aromatic amines is 1. The van der Waals surface area contributed by atoms with E-state index in [1.54, 1.807) is 30.1 Å². The molecule has 0 radical (unpaired) electrons. The fourth-order valence-corrected chi connectivity index (χ4v) is 1.34. The van der Waals surface area contributed by atoms with E-state index < -0.39 is 0 Å². The first kappa shape index (κ1) is 17.4. The van der Waals surface area contributed by atoms with Crippen LogP contribution in [0.2, 0.25) is 0 Å². The van der Waals surface area contributed by atoms with Crippen molar-refractivity contribution in [2.75, 3.05) is 38.0 Å². The maximum atomic E-state index is 10.9. The number of halogens is 2. The van der Waals surface area contributed by atoms with Gasteiger partial charge in [-0.3, -0.25) is 9.78 Å². The largest absolute Gasteiger partial charge is 0.347 e. The number of nitrogens with zero attached hydrogens (tertiary/aromatic N) is 7. The van der Waals surface area contributed by atoms with E-state index in [0.717, 1.165) is 0 Å². The van der Waals surface area contributed by atoms with Crippen LogP contribution >= 0.6 is 31.9 Å². The van der Waals surface area contributed by atoms with Crippen LogP contribution in [0.4, 0.5) is 11.9 Å². The second kappa shape index (κ2) is 7.98. The number of anilines is 2. The van der Waals surface area contributed by atoms with E-state index in [1.807, 2.05) is 14.1 Å². The smallest absolute Gasteiger partial charge is 0.285 e. The van der Waals surface area contributed by atoms with Crippen LogP contribution in [0, 0.1) is 0 Å². The summed E-state index contributed by atoms with van der Waals surface area (Å²) in [6.45, 7) is 0. The quantitative estimate of drug-likeness (QED) is 0.755. The average Bonchev–Trinajstić information content (AvgIpc) is 2.43. The molecule has 0 aromatic carbocycles. The molecule has 11 heteroatoms. The highest BCUT2D eigenvalue weighted by molar-refractivity contribution is 9.10. The third kappa shape index (κ3) is 5.71. The van der Waals surface area contributed by atoms with Gasteiger partial charge in [-0.25, -0.2) is 4.98 Å². The molecule has 1 N–H and O–H groups in total. The molecule has 9 nitrogen and oxygen atoms in total. The van der Waals surface area contributed by atoms with Gasteiger partial charge >= 0.3 is 0 Å². The Morgan fingerprint density at radius 3 is 2.10 bits per heavy atom. The Bertz CT molecular complexity index is 628. The average molecular weight is 422 g/mol. The normalized spacial score (nSPS) is 9.62. The molecule has 2 aromatic heterocycles. The topological polar surface area (TPSA) is 104 Å². The van der Waals surface area contributed by atoms with E-state index in [4.69, 9.17) is 0 Å². The van der Waals surface area contributed by atoms with Gasteiger partial charge in [0.05, 0.1) is 6.20 Å².